The van der Waals surface area contributed by atoms with Crippen molar-refractivity contribution in [2.45, 2.75) is 0 Å². The highest BCUT2D eigenvalue weighted by atomic mass is 127. The Morgan fingerprint density at radius 1 is 1.73 bits per heavy atom. The Morgan fingerprint density at radius 3 is 2.87 bits per heavy atom. The summed E-state index contributed by atoms with van der Waals surface area (Å²) in [5.41, 5.74) is 0.679. The van der Waals surface area contributed by atoms with Crippen molar-refractivity contribution in [2.75, 3.05) is 13.7 Å². The van der Waals surface area contributed by atoms with Crippen molar-refractivity contribution in [2.24, 2.45) is 0 Å². The molecule has 0 unspecified atom stereocenters. The summed E-state index contributed by atoms with van der Waals surface area (Å²) in [6.45, 7) is -0.0256. The molecule has 2 N–H and O–H groups in total. The second-order valence-corrected chi connectivity index (χ2v) is 4.50. The fraction of sp³-hybridized carbons (Fsp3) is 0.286. The standard InChI is InChI=1S/C7H9BINO4S/c1-14-4-7(11)6-2-5(8(12)13)3-10(6)15-9/h2-3,12-13H,4H2,1H3. The fourth-order valence-electron chi connectivity index (χ4n) is 1.07. The van der Waals surface area contributed by atoms with Crippen molar-refractivity contribution in [3.8, 4) is 0 Å². The summed E-state index contributed by atoms with van der Waals surface area (Å²) in [5, 5.41) is 17.9. The van der Waals surface area contributed by atoms with Gasteiger partial charge >= 0.3 is 7.12 Å². The topological polar surface area (TPSA) is 71.7 Å². The lowest BCUT2D eigenvalue weighted by Gasteiger charge is -2.01. The third kappa shape index (κ3) is 3.21. The minimum atomic E-state index is -1.57. The van der Waals surface area contributed by atoms with Gasteiger partial charge in [0.15, 0.2) is 0 Å². The number of methoxy groups -OCH3 is 1. The van der Waals surface area contributed by atoms with Gasteiger partial charge < -0.3 is 14.8 Å². The molecule has 0 amide bonds. The van der Waals surface area contributed by atoms with Crippen molar-refractivity contribution in [1.82, 2.24) is 3.97 Å². The smallest absolute Gasteiger partial charge is 0.423 e. The minimum absolute atomic E-state index is 0.0256. The molecule has 0 saturated carbocycles. The van der Waals surface area contributed by atoms with E-state index in [2.05, 4.69) is 0 Å². The number of ketones is 1. The van der Waals surface area contributed by atoms with Crippen molar-refractivity contribution in [3.63, 3.8) is 0 Å². The fourth-order valence-corrected chi connectivity index (χ4v) is 2.44. The van der Waals surface area contributed by atoms with Crippen LogP contribution < -0.4 is 5.46 Å². The van der Waals surface area contributed by atoms with E-state index in [0.29, 0.717) is 11.2 Å². The monoisotopic (exact) mass is 341 g/mol. The summed E-state index contributed by atoms with van der Waals surface area (Å²) in [5.74, 6) is -0.200. The Kier molecular flexibility index (Phi) is 5.13. The lowest BCUT2D eigenvalue weighted by atomic mass is 9.82. The number of rotatable bonds is 5. The number of Topliss-reactive ketones (excluding diaryl/α,β-unsaturated/α-hetero) is 1. The lowest BCUT2D eigenvalue weighted by Crippen LogP contribution is -2.28. The third-order valence-corrected chi connectivity index (χ3v) is 3.46. The number of aromatic nitrogens is 1. The van der Waals surface area contributed by atoms with Crippen LogP contribution in [0.1, 0.15) is 10.5 Å². The second kappa shape index (κ2) is 5.90. The highest BCUT2D eigenvalue weighted by molar-refractivity contribution is 14.2. The zero-order valence-corrected chi connectivity index (χ0v) is 10.9. The molecule has 0 saturated heterocycles. The number of carbonyl (C=O) groups excluding carboxylic acids is 1. The van der Waals surface area contributed by atoms with Gasteiger partial charge in [0.1, 0.15) is 6.61 Å². The average Bonchev–Trinajstić information content (AvgIpc) is 2.61. The lowest BCUT2D eigenvalue weighted by molar-refractivity contribution is 0.0842. The van der Waals surface area contributed by atoms with E-state index in [1.165, 1.54) is 28.5 Å². The van der Waals surface area contributed by atoms with Gasteiger partial charge in [0, 0.05) is 49.1 Å². The summed E-state index contributed by atoms with van der Waals surface area (Å²) >= 11 is 2.00. The summed E-state index contributed by atoms with van der Waals surface area (Å²) < 4.78 is 6.29. The zero-order valence-electron chi connectivity index (χ0n) is 7.88. The molecule has 0 atom stereocenters. The van der Waals surface area contributed by atoms with Crippen LogP contribution in [0.2, 0.25) is 0 Å². The van der Waals surface area contributed by atoms with E-state index in [0.717, 1.165) is 0 Å². The van der Waals surface area contributed by atoms with Gasteiger partial charge in [-0.2, -0.15) is 0 Å². The first-order chi connectivity index (χ1) is 7.10. The van der Waals surface area contributed by atoms with Crippen molar-refractivity contribution in [1.29, 1.82) is 0 Å². The number of ether oxygens (including phenoxy) is 1. The van der Waals surface area contributed by atoms with Gasteiger partial charge in [-0.1, -0.05) is 0 Å². The molecule has 0 radical (unpaired) electrons. The van der Waals surface area contributed by atoms with Crippen LogP contribution in [0.25, 0.3) is 0 Å². The maximum atomic E-state index is 11.5. The molecule has 1 aromatic rings. The summed E-state index contributed by atoms with van der Waals surface area (Å²) in [4.78, 5) is 11.5. The summed E-state index contributed by atoms with van der Waals surface area (Å²) in [6, 6.07) is 1.44. The molecule has 0 aliphatic heterocycles. The highest BCUT2D eigenvalue weighted by Crippen LogP contribution is 2.18. The van der Waals surface area contributed by atoms with Crippen LogP contribution in [0, 0.1) is 0 Å². The molecule has 0 spiro atoms. The van der Waals surface area contributed by atoms with E-state index in [1.54, 1.807) is 3.97 Å². The van der Waals surface area contributed by atoms with E-state index in [1.807, 2.05) is 21.2 Å². The molecule has 1 rings (SSSR count). The van der Waals surface area contributed by atoms with Gasteiger partial charge in [-0.15, -0.1) is 0 Å². The number of carbonyl (C=O) groups is 1. The third-order valence-electron chi connectivity index (χ3n) is 1.74. The first-order valence-corrected chi connectivity index (χ1v) is 7.31. The van der Waals surface area contributed by atoms with E-state index in [9.17, 15) is 4.79 Å². The predicted molar refractivity (Wildman–Crippen MR) is 67.5 cm³/mol. The largest absolute Gasteiger partial charge is 0.490 e. The summed E-state index contributed by atoms with van der Waals surface area (Å²) in [6.07, 6.45) is 1.50. The van der Waals surface area contributed by atoms with Crippen LogP contribution in [0.5, 0.6) is 0 Å². The number of hydrogen-bond donors (Lipinski definition) is 2. The Balaban J connectivity index is 3.00. The molecule has 0 aliphatic carbocycles. The van der Waals surface area contributed by atoms with Gasteiger partial charge in [0.2, 0.25) is 5.78 Å². The van der Waals surface area contributed by atoms with Crippen LogP contribution in [0.15, 0.2) is 12.3 Å². The first kappa shape index (κ1) is 13.0. The minimum Gasteiger partial charge on any atom is -0.423 e. The molecule has 15 heavy (non-hydrogen) atoms. The Hall–Kier alpha value is -0.0251. The maximum Gasteiger partial charge on any atom is 0.490 e. The van der Waals surface area contributed by atoms with Crippen molar-refractivity contribution >= 4 is 48.7 Å². The molecule has 8 heteroatoms. The molecule has 0 aliphatic rings. The van der Waals surface area contributed by atoms with E-state index < -0.39 is 7.12 Å². The molecular formula is C7H9BINO4S. The van der Waals surface area contributed by atoms with Gasteiger partial charge in [-0.3, -0.25) is 8.77 Å². The van der Waals surface area contributed by atoms with Gasteiger partial charge in [-0.25, -0.2) is 0 Å². The van der Waals surface area contributed by atoms with Crippen molar-refractivity contribution < 1.29 is 19.6 Å². The molecule has 0 bridgehead atoms. The average molecular weight is 341 g/mol. The highest BCUT2D eigenvalue weighted by Gasteiger charge is 2.19. The Labute approximate surface area is 104 Å². The Morgan fingerprint density at radius 2 is 2.40 bits per heavy atom. The number of hydrogen-bond acceptors (Lipinski definition) is 5. The molecule has 1 heterocycles. The van der Waals surface area contributed by atoms with E-state index in [-0.39, 0.29) is 12.4 Å². The van der Waals surface area contributed by atoms with Gasteiger partial charge in [-0.05, 0) is 6.07 Å². The predicted octanol–water partition coefficient (Wildman–Crippen LogP) is -0.157. The van der Waals surface area contributed by atoms with E-state index in [4.69, 9.17) is 14.8 Å². The quantitative estimate of drug-likeness (QED) is 0.443. The second-order valence-electron chi connectivity index (χ2n) is 2.78. The molecule has 82 valence electrons. The maximum absolute atomic E-state index is 11.5. The van der Waals surface area contributed by atoms with Crippen LogP contribution >= 0.6 is 30.3 Å². The van der Waals surface area contributed by atoms with Gasteiger partial charge in [0.05, 0.1) is 5.69 Å². The number of halogens is 1. The SMILES string of the molecule is COCC(=O)c1cc(B(O)O)cn1SI. The van der Waals surface area contributed by atoms with Gasteiger partial charge in [0.25, 0.3) is 0 Å². The molecular weight excluding hydrogens is 332 g/mol. The normalized spacial score (nSPS) is 10.4. The van der Waals surface area contributed by atoms with Crippen molar-refractivity contribution in [3.05, 3.63) is 18.0 Å². The molecule has 0 aromatic carbocycles. The van der Waals surface area contributed by atoms with Crippen LogP contribution in [-0.2, 0) is 4.74 Å². The summed E-state index contributed by atoms with van der Waals surface area (Å²) in [7, 11) is 1.14. The number of nitrogens with zero attached hydrogens (tertiary/aromatic N) is 1. The molecule has 5 nitrogen and oxygen atoms in total. The molecule has 1 aromatic heterocycles. The van der Waals surface area contributed by atoms with Crippen LogP contribution in [-0.4, -0.2) is 40.6 Å². The zero-order chi connectivity index (χ0) is 11.4. The van der Waals surface area contributed by atoms with Crippen LogP contribution in [0.4, 0.5) is 0 Å². The van der Waals surface area contributed by atoms with E-state index >= 15 is 0 Å². The first-order valence-electron chi connectivity index (χ1n) is 3.99. The Bertz CT molecular complexity index is 357. The molecule has 0 fully saturated rings. The van der Waals surface area contributed by atoms with Crippen LogP contribution in [0.3, 0.4) is 0 Å².